The van der Waals surface area contributed by atoms with Crippen LogP contribution in [-0.4, -0.2) is 41.5 Å². The summed E-state index contributed by atoms with van der Waals surface area (Å²) < 4.78 is 28.7. The Bertz CT molecular complexity index is 1220. The third-order valence-corrected chi connectivity index (χ3v) is 7.45. The molecule has 1 N–H and O–H groups in total. The number of aromatic nitrogens is 2. The van der Waals surface area contributed by atoms with Gasteiger partial charge in [-0.25, -0.2) is 18.2 Å². The molecule has 1 aliphatic rings. The van der Waals surface area contributed by atoms with Crippen LogP contribution in [0, 0.1) is 6.92 Å². The topological polar surface area (TPSA) is 84.3 Å². The Morgan fingerprint density at radius 1 is 1.12 bits per heavy atom. The van der Waals surface area contributed by atoms with Gasteiger partial charge < -0.3 is 14.8 Å². The van der Waals surface area contributed by atoms with E-state index in [4.69, 9.17) is 0 Å². The number of nitrogens with one attached hydrogen (secondary N) is 1. The van der Waals surface area contributed by atoms with Crippen LogP contribution < -0.4 is 5.32 Å². The predicted molar refractivity (Wildman–Crippen MR) is 127 cm³/mol. The van der Waals surface area contributed by atoms with E-state index in [9.17, 15) is 13.2 Å². The van der Waals surface area contributed by atoms with Gasteiger partial charge in [0.25, 0.3) is 0 Å². The second-order valence-electron chi connectivity index (χ2n) is 8.48. The number of carbonyl (C=O) groups excluding carboxylic acids is 1. The zero-order valence-electron chi connectivity index (χ0n) is 19.1. The van der Waals surface area contributed by atoms with Crippen molar-refractivity contribution in [2.24, 2.45) is 0 Å². The first-order valence-corrected chi connectivity index (χ1v) is 12.9. The van der Waals surface area contributed by atoms with Gasteiger partial charge in [0.1, 0.15) is 0 Å². The van der Waals surface area contributed by atoms with Gasteiger partial charge in [-0.15, -0.1) is 0 Å². The van der Waals surface area contributed by atoms with E-state index < -0.39 is 9.84 Å². The maximum atomic E-state index is 13.5. The molecule has 2 amide bonds. The zero-order chi connectivity index (χ0) is 23.4. The molecule has 0 unspecified atom stereocenters. The summed E-state index contributed by atoms with van der Waals surface area (Å²) >= 11 is 0. The molecule has 0 aliphatic heterocycles. The van der Waals surface area contributed by atoms with Crippen LogP contribution >= 0.6 is 0 Å². The summed E-state index contributed by atoms with van der Waals surface area (Å²) in [7, 11) is -3.70. The number of sulfone groups is 1. The molecule has 0 spiro atoms. The predicted octanol–water partition coefficient (Wildman–Crippen LogP) is 3.91. The molecule has 174 valence electrons. The van der Waals surface area contributed by atoms with E-state index in [2.05, 4.69) is 10.3 Å². The average Bonchev–Trinajstić information content (AvgIpc) is 3.55. The fourth-order valence-corrected chi connectivity index (χ4v) is 5.52. The standard InChI is InChI=1S/C25H30N4O3S/c1-3-26-24(30)28(22-13-14-22)17-23-15-27-25(29(23)16-20-10-5-4-6-11-20)33(31,32)18-21-12-8-7-9-19(21)2/h4-12,15,22H,3,13-14,16-18H2,1-2H3,(H,26,30). The number of carbonyl (C=O) groups is 1. The Balaban J connectivity index is 1.70. The van der Waals surface area contributed by atoms with Gasteiger partial charge in [0, 0.05) is 12.6 Å². The van der Waals surface area contributed by atoms with Gasteiger partial charge in [-0.1, -0.05) is 54.6 Å². The first kappa shape index (κ1) is 23.0. The van der Waals surface area contributed by atoms with E-state index in [1.165, 1.54) is 0 Å². The Hall–Kier alpha value is -3.13. The van der Waals surface area contributed by atoms with Crippen molar-refractivity contribution in [1.29, 1.82) is 0 Å². The number of amides is 2. The molecular formula is C25H30N4O3S. The number of urea groups is 1. The lowest BCUT2D eigenvalue weighted by molar-refractivity contribution is 0.191. The van der Waals surface area contributed by atoms with Gasteiger partial charge in [-0.05, 0) is 43.4 Å². The van der Waals surface area contributed by atoms with Crippen LogP contribution in [0.5, 0.6) is 0 Å². The summed E-state index contributed by atoms with van der Waals surface area (Å²) in [6.45, 7) is 5.02. The van der Waals surface area contributed by atoms with Gasteiger partial charge in [0.15, 0.2) is 0 Å². The number of hydrogen-bond acceptors (Lipinski definition) is 4. The first-order chi connectivity index (χ1) is 15.9. The number of rotatable bonds is 9. The Morgan fingerprint density at radius 2 is 1.82 bits per heavy atom. The summed E-state index contributed by atoms with van der Waals surface area (Å²) in [6.07, 6.45) is 3.52. The lowest BCUT2D eigenvalue weighted by Crippen LogP contribution is -2.41. The highest BCUT2D eigenvalue weighted by molar-refractivity contribution is 7.90. The highest BCUT2D eigenvalue weighted by atomic mass is 32.2. The number of nitrogens with zero attached hydrogens (tertiary/aromatic N) is 3. The van der Waals surface area contributed by atoms with Crippen molar-refractivity contribution in [3.05, 3.63) is 83.2 Å². The molecular weight excluding hydrogens is 436 g/mol. The quantitative estimate of drug-likeness (QED) is 0.518. The minimum absolute atomic E-state index is 0.0382. The minimum atomic E-state index is -3.70. The van der Waals surface area contributed by atoms with Crippen molar-refractivity contribution in [1.82, 2.24) is 19.8 Å². The molecule has 0 radical (unpaired) electrons. The van der Waals surface area contributed by atoms with Crippen LogP contribution in [-0.2, 0) is 28.7 Å². The average molecular weight is 467 g/mol. The molecule has 3 aromatic rings. The van der Waals surface area contributed by atoms with Crippen molar-refractivity contribution in [2.75, 3.05) is 6.54 Å². The van der Waals surface area contributed by atoms with E-state index in [0.29, 0.717) is 25.3 Å². The van der Waals surface area contributed by atoms with Crippen LogP contribution in [0.2, 0.25) is 0 Å². The lowest BCUT2D eigenvalue weighted by Gasteiger charge is -2.23. The second kappa shape index (κ2) is 9.79. The van der Waals surface area contributed by atoms with Gasteiger partial charge in [-0.2, -0.15) is 0 Å². The Morgan fingerprint density at radius 3 is 2.48 bits per heavy atom. The largest absolute Gasteiger partial charge is 0.338 e. The third-order valence-electron chi connectivity index (χ3n) is 5.88. The summed E-state index contributed by atoms with van der Waals surface area (Å²) in [5.41, 5.74) is 3.37. The maximum absolute atomic E-state index is 13.5. The highest BCUT2D eigenvalue weighted by Crippen LogP contribution is 2.29. The second-order valence-corrected chi connectivity index (χ2v) is 10.4. The van der Waals surface area contributed by atoms with Crippen LogP contribution in [0.15, 0.2) is 66.0 Å². The summed E-state index contributed by atoms with van der Waals surface area (Å²) in [4.78, 5) is 18.8. The van der Waals surface area contributed by atoms with Gasteiger partial charge in [-0.3, -0.25) is 0 Å². The molecule has 0 saturated heterocycles. The molecule has 1 aliphatic carbocycles. The molecule has 7 nitrogen and oxygen atoms in total. The van der Waals surface area contributed by atoms with Crippen molar-refractivity contribution < 1.29 is 13.2 Å². The van der Waals surface area contributed by atoms with Crippen molar-refractivity contribution in [3.63, 3.8) is 0 Å². The third kappa shape index (κ3) is 5.45. The van der Waals surface area contributed by atoms with E-state index in [0.717, 1.165) is 29.5 Å². The first-order valence-electron chi connectivity index (χ1n) is 11.3. The van der Waals surface area contributed by atoms with E-state index in [1.54, 1.807) is 15.7 Å². The summed E-state index contributed by atoms with van der Waals surface area (Å²) in [5, 5.41) is 2.91. The van der Waals surface area contributed by atoms with Crippen LogP contribution in [0.1, 0.15) is 42.1 Å². The number of imidazole rings is 1. The van der Waals surface area contributed by atoms with Gasteiger partial charge in [0.05, 0.1) is 30.7 Å². The molecule has 1 fully saturated rings. The Labute approximate surface area is 195 Å². The number of aryl methyl sites for hydroxylation is 1. The molecule has 4 rings (SSSR count). The molecule has 1 saturated carbocycles. The van der Waals surface area contributed by atoms with Crippen molar-refractivity contribution in [2.45, 2.75) is 56.7 Å². The van der Waals surface area contributed by atoms with Crippen molar-refractivity contribution in [3.8, 4) is 0 Å². The number of benzene rings is 2. The van der Waals surface area contributed by atoms with Crippen LogP contribution in [0.4, 0.5) is 4.79 Å². The van der Waals surface area contributed by atoms with E-state index in [-0.39, 0.29) is 23.0 Å². The molecule has 0 bridgehead atoms. The van der Waals surface area contributed by atoms with Crippen LogP contribution in [0.3, 0.4) is 0 Å². The molecule has 1 aromatic heterocycles. The fourth-order valence-electron chi connectivity index (χ4n) is 3.92. The highest BCUT2D eigenvalue weighted by Gasteiger charge is 2.34. The van der Waals surface area contributed by atoms with E-state index >= 15 is 0 Å². The smallest absolute Gasteiger partial charge is 0.317 e. The molecule has 33 heavy (non-hydrogen) atoms. The normalized spacial score (nSPS) is 13.6. The molecule has 2 aromatic carbocycles. The molecule has 0 atom stereocenters. The zero-order valence-corrected chi connectivity index (χ0v) is 19.9. The van der Waals surface area contributed by atoms with Crippen LogP contribution in [0.25, 0.3) is 0 Å². The maximum Gasteiger partial charge on any atom is 0.317 e. The lowest BCUT2D eigenvalue weighted by atomic mass is 10.1. The summed E-state index contributed by atoms with van der Waals surface area (Å²) in [6, 6.07) is 17.3. The van der Waals surface area contributed by atoms with Gasteiger partial charge >= 0.3 is 6.03 Å². The van der Waals surface area contributed by atoms with Crippen molar-refractivity contribution >= 4 is 15.9 Å². The van der Waals surface area contributed by atoms with Gasteiger partial charge in [0.2, 0.25) is 15.0 Å². The van der Waals surface area contributed by atoms with E-state index in [1.807, 2.05) is 68.4 Å². The minimum Gasteiger partial charge on any atom is -0.338 e. The molecule has 8 heteroatoms. The number of hydrogen-bond donors (Lipinski definition) is 1. The monoisotopic (exact) mass is 466 g/mol. The SMILES string of the molecule is CCNC(=O)N(Cc1cnc(S(=O)(=O)Cc2ccccc2C)n1Cc1ccccc1)C1CC1. The summed E-state index contributed by atoms with van der Waals surface area (Å²) in [5.74, 6) is -0.117. The Kier molecular flexibility index (Phi) is 6.83. The fraction of sp³-hybridized carbons (Fsp3) is 0.360. The molecule has 1 heterocycles.